The van der Waals surface area contributed by atoms with Crippen LogP contribution >= 0.6 is 0 Å². The standard InChI is InChI=1S/C44H80O20/c1-47-8-9-48-10-11-49-12-13-50-14-15-51-16-17-52-18-19-53-20-21-54-22-23-55-24-25-56-26-27-57-28-29-58-30-31-59-32-33-60-34-35-61-36-37-62-38-39-63-40-41-64-44(46)7-4-42-2-5-43(45)6-3-42/h2-3,5-6,45H,4,7-41H2,1H3. The number of phenolic OH excluding ortho intramolecular Hbond substituents is 1. The molecule has 0 amide bonds. The number of carbonyl (C=O) groups is 1. The molecule has 1 aromatic carbocycles. The first-order chi connectivity index (χ1) is 31.7. The van der Waals surface area contributed by atoms with Crippen molar-refractivity contribution >= 4 is 5.97 Å². The van der Waals surface area contributed by atoms with Gasteiger partial charge >= 0.3 is 5.97 Å². The number of esters is 1. The summed E-state index contributed by atoms with van der Waals surface area (Å²) in [5, 5.41) is 9.30. The van der Waals surface area contributed by atoms with Crippen LogP contribution in [0.2, 0.25) is 0 Å². The Hall–Kier alpha value is -2.19. The number of benzene rings is 1. The zero-order valence-corrected chi connectivity index (χ0v) is 38.5. The summed E-state index contributed by atoms with van der Waals surface area (Å²) in [6.07, 6.45) is 0.835. The van der Waals surface area contributed by atoms with Crippen LogP contribution in [0.15, 0.2) is 24.3 Å². The monoisotopic (exact) mass is 929 g/mol. The predicted octanol–water partition coefficient (Wildman–Crippen LogP) is 1.78. The predicted molar refractivity (Wildman–Crippen MR) is 232 cm³/mol. The Labute approximate surface area is 380 Å². The fourth-order valence-electron chi connectivity index (χ4n) is 4.74. The molecule has 0 aliphatic carbocycles. The molecule has 0 saturated heterocycles. The summed E-state index contributed by atoms with van der Waals surface area (Å²) in [6, 6.07) is 6.75. The number of methoxy groups -OCH3 is 1. The summed E-state index contributed by atoms with van der Waals surface area (Å²) < 4.78 is 97.5. The first-order valence-electron chi connectivity index (χ1n) is 22.4. The molecule has 0 atom stereocenters. The lowest BCUT2D eigenvalue weighted by Gasteiger charge is -2.09. The van der Waals surface area contributed by atoms with E-state index in [2.05, 4.69) is 0 Å². The Balaban J connectivity index is 1.61. The maximum Gasteiger partial charge on any atom is 0.306 e. The molecule has 0 aliphatic heterocycles. The van der Waals surface area contributed by atoms with Gasteiger partial charge in [0.2, 0.25) is 0 Å². The molecule has 0 fully saturated rings. The lowest BCUT2D eigenvalue weighted by atomic mass is 10.1. The third-order valence-electron chi connectivity index (χ3n) is 8.06. The molecule has 376 valence electrons. The highest BCUT2D eigenvalue weighted by atomic mass is 16.6. The Morgan fingerprint density at radius 3 is 0.750 bits per heavy atom. The second kappa shape index (κ2) is 51.8. The van der Waals surface area contributed by atoms with Crippen LogP contribution in [0, 0.1) is 0 Å². The third-order valence-corrected chi connectivity index (χ3v) is 8.06. The molecule has 0 spiro atoms. The molecule has 1 rings (SSSR count). The van der Waals surface area contributed by atoms with Gasteiger partial charge in [0.1, 0.15) is 12.4 Å². The molecule has 0 unspecified atom stereocenters. The molecule has 0 aromatic heterocycles. The van der Waals surface area contributed by atoms with Crippen molar-refractivity contribution in [1.82, 2.24) is 0 Å². The van der Waals surface area contributed by atoms with Gasteiger partial charge in [0.15, 0.2) is 0 Å². The van der Waals surface area contributed by atoms with E-state index in [9.17, 15) is 9.90 Å². The van der Waals surface area contributed by atoms with Crippen molar-refractivity contribution in [3.8, 4) is 5.75 Å². The zero-order valence-electron chi connectivity index (χ0n) is 38.5. The molecule has 0 aliphatic rings. The highest BCUT2D eigenvalue weighted by molar-refractivity contribution is 5.69. The molecule has 1 aromatic rings. The Morgan fingerprint density at radius 2 is 0.531 bits per heavy atom. The maximum atomic E-state index is 11.8. The largest absolute Gasteiger partial charge is 0.508 e. The van der Waals surface area contributed by atoms with E-state index in [1.54, 1.807) is 31.4 Å². The molecule has 0 saturated carbocycles. The van der Waals surface area contributed by atoms with E-state index in [1.807, 2.05) is 0 Å². The summed E-state index contributed by atoms with van der Waals surface area (Å²) in [4.78, 5) is 11.8. The minimum atomic E-state index is -0.284. The van der Waals surface area contributed by atoms with Crippen molar-refractivity contribution in [2.75, 3.05) is 232 Å². The van der Waals surface area contributed by atoms with Crippen LogP contribution < -0.4 is 0 Å². The van der Waals surface area contributed by atoms with Gasteiger partial charge in [-0.3, -0.25) is 4.79 Å². The number of phenols is 1. The van der Waals surface area contributed by atoms with Gasteiger partial charge in [-0.2, -0.15) is 0 Å². The molecule has 20 heteroatoms. The summed E-state index contributed by atoms with van der Waals surface area (Å²) >= 11 is 0. The van der Waals surface area contributed by atoms with Crippen molar-refractivity contribution in [3.05, 3.63) is 29.8 Å². The van der Waals surface area contributed by atoms with Gasteiger partial charge in [-0.1, -0.05) is 12.1 Å². The molecule has 0 bridgehead atoms. The average molecular weight is 929 g/mol. The Morgan fingerprint density at radius 1 is 0.328 bits per heavy atom. The third kappa shape index (κ3) is 47.8. The van der Waals surface area contributed by atoms with E-state index < -0.39 is 0 Å². The number of hydrogen-bond acceptors (Lipinski definition) is 20. The topological polar surface area (TPSA) is 203 Å². The lowest BCUT2D eigenvalue weighted by molar-refractivity contribution is -0.145. The van der Waals surface area contributed by atoms with E-state index in [0.717, 1.165) is 5.56 Å². The van der Waals surface area contributed by atoms with Crippen molar-refractivity contribution in [3.63, 3.8) is 0 Å². The fourth-order valence-corrected chi connectivity index (χ4v) is 4.74. The quantitative estimate of drug-likeness (QED) is 0.0731. The first-order valence-corrected chi connectivity index (χ1v) is 22.4. The van der Waals surface area contributed by atoms with E-state index in [1.165, 1.54) is 0 Å². The van der Waals surface area contributed by atoms with Crippen LogP contribution in [-0.2, 0) is 96.5 Å². The normalized spacial score (nSPS) is 11.5. The number of hydrogen-bond donors (Lipinski definition) is 1. The van der Waals surface area contributed by atoms with Gasteiger partial charge in [0.25, 0.3) is 0 Å². The van der Waals surface area contributed by atoms with E-state index >= 15 is 0 Å². The number of carbonyl (C=O) groups excluding carboxylic acids is 1. The zero-order chi connectivity index (χ0) is 45.7. The second-order valence-electron chi connectivity index (χ2n) is 13.2. The summed E-state index contributed by atoms with van der Waals surface area (Å²) in [5.74, 6) is -0.0837. The molecule has 0 radical (unpaired) electrons. The summed E-state index contributed by atoms with van der Waals surface area (Å²) in [6.45, 7) is 16.3. The summed E-state index contributed by atoms with van der Waals surface area (Å²) in [5.41, 5.74) is 0.964. The van der Waals surface area contributed by atoms with E-state index in [4.69, 9.17) is 85.3 Å². The maximum absolute atomic E-state index is 11.8. The van der Waals surface area contributed by atoms with Crippen molar-refractivity contribution in [2.24, 2.45) is 0 Å². The number of ether oxygens (including phenoxy) is 18. The smallest absolute Gasteiger partial charge is 0.306 e. The highest BCUT2D eigenvalue weighted by Gasteiger charge is 2.04. The van der Waals surface area contributed by atoms with E-state index in [-0.39, 0.29) is 24.7 Å². The lowest BCUT2D eigenvalue weighted by Crippen LogP contribution is -2.16. The molecular formula is C44H80O20. The van der Waals surface area contributed by atoms with E-state index in [0.29, 0.717) is 224 Å². The molecule has 0 heterocycles. The van der Waals surface area contributed by atoms with Gasteiger partial charge in [-0.05, 0) is 24.1 Å². The van der Waals surface area contributed by atoms with Crippen LogP contribution in [0.1, 0.15) is 12.0 Å². The Kier molecular flexibility index (Phi) is 48.4. The highest BCUT2D eigenvalue weighted by Crippen LogP contribution is 2.11. The van der Waals surface area contributed by atoms with Crippen LogP contribution in [0.4, 0.5) is 0 Å². The van der Waals surface area contributed by atoms with Gasteiger partial charge in [0, 0.05) is 13.5 Å². The van der Waals surface area contributed by atoms with Gasteiger partial charge in [0.05, 0.1) is 218 Å². The van der Waals surface area contributed by atoms with Crippen molar-refractivity contribution in [2.45, 2.75) is 12.8 Å². The SMILES string of the molecule is COCCOCCOCCOCCOCCOCCOCCOCCOCCOCCOCCOCCOCCOCCOCCOCCOCCOC(=O)CCc1ccc(O)cc1. The van der Waals surface area contributed by atoms with Crippen LogP contribution in [0.5, 0.6) is 5.75 Å². The van der Waals surface area contributed by atoms with Gasteiger partial charge < -0.3 is 90.4 Å². The van der Waals surface area contributed by atoms with Gasteiger partial charge in [-0.25, -0.2) is 0 Å². The van der Waals surface area contributed by atoms with Crippen molar-refractivity contribution in [1.29, 1.82) is 0 Å². The number of aryl methyl sites for hydroxylation is 1. The van der Waals surface area contributed by atoms with Crippen LogP contribution in [0.3, 0.4) is 0 Å². The average Bonchev–Trinajstić information content (AvgIpc) is 3.30. The minimum Gasteiger partial charge on any atom is -0.508 e. The van der Waals surface area contributed by atoms with Crippen LogP contribution in [-0.4, -0.2) is 243 Å². The van der Waals surface area contributed by atoms with Gasteiger partial charge in [-0.15, -0.1) is 0 Å². The second-order valence-corrected chi connectivity index (χ2v) is 13.2. The fraction of sp³-hybridized carbons (Fsp3) is 0.841. The first kappa shape index (κ1) is 59.8. The number of aromatic hydroxyl groups is 1. The Bertz CT molecular complexity index is 1060. The number of rotatable bonds is 54. The molecule has 1 N–H and O–H groups in total. The van der Waals surface area contributed by atoms with Crippen molar-refractivity contribution < 1.29 is 95.2 Å². The van der Waals surface area contributed by atoms with Crippen LogP contribution in [0.25, 0.3) is 0 Å². The molecule has 20 nitrogen and oxygen atoms in total. The summed E-state index contributed by atoms with van der Waals surface area (Å²) in [7, 11) is 1.64. The molecule has 64 heavy (non-hydrogen) atoms. The molecular weight excluding hydrogens is 848 g/mol. The minimum absolute atomic E-state index is 0.197.